The van der Waals surface area contributed by atoms with Crippen LogP contribution < -0.4 is 0 Å². The molecule has 0 aromatic rings. The van der Waals surface area contributed by atoms with Gasteiger partial charge in [-0.05, 0) is 56.9 Å². The van der Waals surface area contributed by atoms with E-state index < -0.39 is 0 Å². The summed E-state index contributed by atoms with van der Waals surface area (Å²) in [6.07, 6.45) is 10.2. The van der Waals surface area contributed by atoms with Crippen LogP contribution in [0.4, 0.5) is 0 Å². The zero-order valence-corrected chi connectivity index (χ0v) is 10.6. The lowest BCUT2D eigenvalue weighted by Crippen LogP contribution is -2.26. The maximum Gasteiger partial charge on any atom is 0.0982 e. The van der Waals surface area contributed by atoms with E-state index in [1.54, 1.807) is 0 Å². The van der Waals surface area contributed by atoms with Crippen molar-refractivity contribution in [2.45, 2.75) is 64.6 Å². The molecule has 0 radical (unpaired) electrons. The van der Waals surface area contributed by atoms with Crippen LogP contribution >= 0.6 is 0 Å². The smallest absolute Gasteiger partial charge is 0.0982 e. The molecule has 2 heterocycles. The number of rotatable bonds is 3. The highest BCUT2D eigenvalue weighted by molar-refractivity contribution is 4.97. The zero-order chi connectivity index (χ0) is 11.4. The summed E-state index contributed by atoms with van der Waals surface area (Å²) in [7, 11) is 0. The van der Waals surface area contributed by atoms with Gasteiger partial charge in [0.15, 0.2) is 0 Å². The minimum absolute atomic E-state index is 0.437. The van der Waals surface area contributed by atoms with Crippen molar-refractivity contribution in [1.29, 1.82) is 0 Å². The first-order chi connectivity index (χ1) is 7.74. The van der Waals surface area contributed by atoms with Crippen molar-refractivity contribution in [3.8, 4) is 0 Å². The van der Waals surface area contributed by atoms with Crippen LogP contribution in [-0.2, 0) is 9.47 Å². The summed E-state index contributed by atoms with van der Waals surface area (Å²) in [5.74, 6) is 0.757. The second-order valence-corrected chi connectivity index (χ2v) is 5.48. The monoisotopic (exact) mass is 224 g/mol. The summed E-state index contributed by atoms with van der Waals surface area (Å²) in [4.78, 5) is 0. The molecular formula is C14H24O2. The number of allylic oxidation sites excluding steroid dienone is 1. The number of hydrogen-bond donors (Lipinski definition) is 0. The Morgan fingerprint density at radius 3 is 2.62 bits per heavy atom. The van der Waals surface area contributed by atoms with Crippen LogP contribution in [0.5, 0.6) is 0 Å². The van der Waals surface area contributed by atoms with E-state index in [1.165, 1.54) is 37.7 Å². The van der Waals surface area contributed by atoms with E-state index in [1.807, 2.05) is 6.26 Å². The molecule has 0 bridgehead atoms. The van der Waals surface area contributed by atoms with E-state index in [9.17, 15) is 0 Å². The van der Waals surface area contributed by atoms with Crippen molar-refractivity contribution >= 4 is 0 Å². The van der Waals surface area contributed by atoms with Crippen molar-refractivity contribution in [3.63, 3.8) is 0 Å². The Balaban J connectivity index is 1.64. The first kappa shape index (κ1) is 12.0. The average Bonchev–Trinajstić information content (AvgIpc) is 2.30. The first-order valence-corrected chi connectivity index (χ1v) is 6.66. The summed E-state index contributed by atoms with van der Waals surface area (Å²) < 4.78 is 11.5. The molecule has 92 valence electrons. The van der Waals surface area contributed by atoms with Crippen molar-refractivity contribution in [2.75, 3.05) is 6.61 Å². The Bertz CT molecular complexity index is 239. The van der Waals surface area contributed by atoms with Crippen molar-refractivity contribution in [3.05, 3.63) is 11.8 Å². The highest BCUT2D eigenvalue weighted by atomic mass is 16.5. The van der Waals surface area contributed by atoms with Crippen molar-refractivity contribution in [2.24, 2.45) is 5.92 Å². The van der Waals surface area contributed by atoms with Crippen LogP contribution in [-0.4, -0.2) is 18.8 Å². The van der Waals surface area contributed by atoms with Crippen molar-refractivity contribution in [1.82, 2.24) is 0 Å². The molecule has 0 aromatic carbocycles. The van der Waals surface area contributed by atoms with Gasteiger partial charge in [-0.25, -0.2) is 0 Å². The molecule has 1 saturated heterocycles. The van der Waals surface area contributed by atoms with E-state index in [4.69, 9.17) is 9.47 Å². The molecule has 2 heteroatoms. The molecule has 0 aliphatic carbocycles. The highest BCUT2D eigenvalue weighted by Gasteiger charge is 2.21. The Labute approximate surface area is 99.0 Å². The standard InChI is InChI=1S/C14H24O2/c1-11-3-5-13(15-9-11)7-8-14-6-4-12(2)10-16-14/h9,12-14H,3-8,10H2,1-2H3. The summed E-state index contributed by atoms with van der Waals surface area (Å²) in [6.45, 7) is 5.37. The van der Waals surface area contributed by atoms with E-state index >= 15 is 0 Å². The summed E-state index contributed by atoms with van der Waals surface area (Å²) in [6, 6.07) is 0. The van der Waals surface area contributed by atoms with Crippen LogP contribution in [0, 0.1) is 5.92 Å². The molecule has 2 aliphatic rings. The largest absolute Gasteiger partial charge is 0.498 e. The fourth-order valence-electron chi connectivity index (χ4n) is 2.48. The molecule has 3 atom stereocenters. The maximum atomic E-state index is 5.83. The lowest BCUT2D eigenvalue weighted by molar-refractivity contribution is -0.0235. The molecule has 16 heavy (non-hydrogen) atoms. The second-order valence-electron chi connectivity index (χ2n) is 5.48. The summed E-state index contributed by atoms with van der Waals surface area (Å²) in [5.41, 5.74) is 1.37. The third-order valence-electron chi connectivity index (χ3n) is 3.73. The van der Waals surface area contributed by atoms with Crippen LogP contribution in [0.15, 0.2) is 11.8 Å². The van der Waals surface area contributed by atoms with Gasteiger partial charge in [0.1, 0.15) is 0 Å². The van der Waals surface area contributed by atoms with Gasteiger partial charge in [-0.1, -0.05) is 6.92 Å². The molecule has 0 saturated carbocycles. The van der Waals surface area contributed by atoms with Crippen LogP contribution in [0.1, 0.15) is 52.4 Å². The van der Waals surface area contributed by atoms with E-state index in [0.717, 1.165) is 18.9 Å². The van der Waals surface area contributed by atoms with Crippen molar-refractivity contribution < 1.29 is 9.47 Å². The summed E-state index contributed by atoms with van der Waals surface area (Å²) in [5, 5.41) is 0. The van der Waals surface area contributed by atoms with Gasteiger partial charge in [-0.3, -0.25) is 0 Å². The van der Waals surface area contributed by atoms with Gasteiger partial charge in [-0.2, -0.15) is 0 Å². The third kappa shape index (κ3) is 3.51. The molecule has 1 fully saturated rings. The molecule has 0 aromatic heterocycles. The Morgan fingerprint density at radius 1 is 1.19 bits per heavy atom. The normalized spacial score (nSPS) is 35.4. The van der Waals surface area contributed by atoms with E-state index in [-0.39, 0.29) is 0 Å². The van der Waals surface area contributed by atoms with Gasteiger partial charge >= 0.3 is 0 Å². The average molecular weight is 224 g/mol. The van der Waals surface area contributed by atoms with Gasteiger partial charge in [0.25, 0.3) is 0 Å². The Morgan fingerprint density at radius 2 is 2.00 bits per heavy atom. The molecule has 0 spiro atoms. The van der Waals surface area contributed by atoms with Crippen LogP contribution in [0.25, 0.3) is 0 Å². The van der Waals surface area contributed by atoms with Gasteiger partial charge in [0.2, 0.25) is 0 Å². The number of hydrogen-bond acceptors (Lipinski definition) is 2. The Hall–Kier alpha value is -0.500. The highest BCUT2D eigenvalue weighted by Crippen LogP contribution is 2.25. The molecular weight excluding hydrogens is 200 g/mol. The van der Waals surface area contributed by atoms with Gasteiger partial charge in [0.05, 0.1) is 18.5 Å². The SMILES string of the molecule is CC1=COC(CCC2CCC(C)CO2)CC1. The van der Waals surface area contributed by atoms with Crippen LogP contribution in [0.2, 0.25) is 0 Å². The fraction of sp³-hybridized carbons (Fsp3) is 0.857. The molecule has 2 rings (SSSR count). The molecule has 2 nitrogen and oxygen atoms in total. The minimum atomic E-state index is 0.437. The molecule has 3 unspecified atom stereocenters. The predicted octanol–water partition coefficient (Wildman–Crippen LogP) is 3.66. The summed E-state index contributed by atoms with van der Waals surface area (Å²) >= 11 is 0. The fourth-order valence-corrected chi connectivity index (χ4v) is 2.48. The first-order valence-electron chi connectivity index (χ1n) is 6.66. The minimum Gasteiger partial charge on any atom is -0.498 e. The topological polar surface area (TPSA) is 18.5 Å². The third-order valence-corrected chi connectivity index (χ3v) is 3.73. The Kier molecular flexibility index (Phi) is 4.28. The second kappa shape index (κ2) is 5.72. The van der Waals surface area contributed by atoms with Gasteiger partial charge in [-0.15, -0.1) is 0 Å². The van der Waals surface area contributed by atoms with Gasteiger partial charge in [0, 0.05) is 6.61 Å². The number of ether oxygens (including phenoxy) is 2. The predicted molar refractivity (Wildman–Crippen MR) is 65.2 cm³/mol. The molecule has 0 amide bonds. The molecule has 0 N–H and O–H groups in total. The van der Waals surface area contributed by atoms with Crippen LogP contribution in [0.3, 0.4) is 0 Å². The lowest BCUT2D eigenvalue weighted by Gasteiger charge is -2.29. The lowest BCUT2D eigenvalue weighted by atomic mass is 9.95. The maximum absolute atomic E-state index is 5.83. The quantitative estimate of drug-likeness (QED) is 0.728. The van der Waals surface area contributed by atoms with E-state index in [0.29, 0.717) is 12.2 Å². The zero-order valence-electron chi connectivity index (χ0n) is 10.6. The van der Waals surface area contributed by atoms with E-state index in [2.05, 4.69) is 13.8 Å². The van der Waals surface area contributed by atoms with Gasteiger partial charge < -0.3 is 9.47 Å². The molecule has 2 aliphatic heterocycles.